The van der Waals surface area contributed by atoms with Crippen molar-refractivity contribution in [1.29, 1.82) is 0 Å². The van der Waals surface area contributed by atoms with Gasteiger partial charge < -0.3 is 10.2 Å². The molecule has 0 unspecified atom stereocenters. The van der Waals surface area contributed by atoms with Crippen molar-refractivity contribution in [2.75, 3.05) is 26.9 Å². The molecule has 0 atom stereocenters. The van der Waals surface area contributed by atoms with Crippen molar-refractivity contribution in [3.05, 3.63) is 29.8 Å². The van der Waals surface area contributed by atoms with E-state index in [0.29, 0.717) is 18.5 Å². The second kappa shape index (κ2) is 7.06. The molecule has 0 heterocycles. The Labute approximate surface area is 112 Å². The number of rotatable bonds is 5. The molecule has 0 radical (unpaired) electrons. The zero-order chi connectivity index (χ0) is 13.5. The number of hydrogen-bond acceptors (Lipinski definition) is 3. The van der Waals surface area contributed by atoms with Crippen LogP contribution in [0.2, 0.25) is 0 Å². The van der Waals surface area contributed by atoms with E-state index in [0.717, 1.165) is 4.90 Å². The molecule has 18 heavy (non-hydrogen) atoms. The van der Waals surface area contributed by atoms with Gasteiger partial charge in [0.05, 0.1) is 0 Å². The van der Waals surface area contributed by atoms with Gasteiger partial charge in [-0.1, -0.05) is 0 Å². The number of hydrogen-bond donors (Lipinski definition) is 1. The summed E-state index contributed by atoms with van der Waals surface area (Å²) < 4.78 is 0. The molecule has 0 fully saturated rings. The molecule has 0 bridgehead atoms. The van der Waals surface area contributed by atoms with Crippen molar-refractivity contribution in [1.82, 2.24) is 10.2 Å². The maximum absolute atomic E-state index is 11.8. The summed E-state index contributed by atoms with van der Waals surface area (Å²) in [6, 6.07) is 7.39. The second-order valence-electron chi connectivity index (χ2n) is 4.02. The molecule has 1 aromatic carbocycles. The minimum Gasteiger partial charge on any atom is -0.352 e. The first-order valence-corrected chi connectivity index (χ1v) is 6.89. The van der Waals surface area contributed by atoms with Crippen LogP contribution in [0.15, 0.2) is 29.2 Å². The highest BCUT2D eigenvalue weighted by Crippen LogP contribution is 2.14. The van der Waals surface area contributed by atoms with Crippen molar-refractivity contribution in [2.45, 2.75) is 11.3 Å². The van der Waals surface area contributed by atoms with Crippen molar-refractivity contribution < 1.29 is 9.59 Å². The van der Waals surface area contributed by atoms with E-state index in [9.17, 15) is 9.59 Å². The first-order chi connectivity index (χ1) is 8.54. The smallest absolute Gasteiger partial charge is 0.251 e. The molecule has 1 N–H and O–H groups in total. The van der Waals surface area contributed by atoms with Crippen molar-refractivity contribution in [3.8, 4) is 0 Å². The van der Waals surface area contributed by atoms with Gasteiger partial charge in [0, 0.05) is 37.5 Å². The van der Waals surface area contributed by atoms with Crippen LogP contribution in [0.4, 0.5) is 0 Å². The topological polar surface area (TPSA) is 49.4 Å². The third-order valence-electron chi connectivity index (χ3n) is 2.48. The Morgan fingerprint density at radius 3 is 2.33 bits per heavy atom. The third-order valence-corrected chi connectivity index (χ3v) is 3.22. The molecule has 0 spiro atoms. The Morgan fingerprint density at radius 2 is 1.83 bits per heavy atom. The highest BCUT2D eigenvalue weighted by Gasteiger charge is 2.07. The van der Waals surface area contributed by atoms with Crippen LogP contribution in [0.1, 0.15) is 16.8 Å². The molecule has 2 amide bonds. The largest absolute Gasteiger partial charge is 0.352 e. The summed E-state index contributed by atoms with van der Waals surface area (Å²) in [7, 11) is 3.40. The SMILES string of the molecule is CSc1ccc(C(=O)NCCC(=O)N(C)C)cc1. The van der Waals surface area contributed by atoms with Gasteiger partial charge in [-0.2, -0.15) is 0 Å². The number of nitrogens with zero attached hydrogens (tertiary/aromatic N) is 1. The average Bonchev–Trinajstić information content (AvgIpc) is 2.38. The fourth-order valence-electron chi connectivity index (χ4n) is 1.35. The predicted octanol–water partition coefficient (Wildman–Crippen LogP) is 1.62. The van der Waals surface area contributed by atoms with Crippen LogP contribution < -0.4 is 5.32 Å². The highest BCUT2D eigenvalue weighted by molar-refractivity contribution is 7.98. The van der Waals surface area contributed by atoms with E-state index < -0.39 is 0 Å². The molecule has 0 aromatic heterocycles. The molecule has 1 aromatic rings. The van der Waals surface area contributed by atoms with Gasteiger partial charge in [0.25, 0.3) is 5.91 Å². The molecule has 5 heteroatoms. The van der Waals surface area contributed by atoms with Crippen LogP contribution in [0.25, 0.3) is 0 Å². The van der Waals surface area contributed by atoms with Crippen molar-refractivity contribution >= 4 is 23.6 Å². The molecule has 0 saturated heterocycles. The van der Waals surface area contributed by atoms with Crippen molar-refractivity contribution in [2.24, 2.45) is 0 Å². The lowest BCUT2D eigenvalue weighted by atomic mass is 10.2. The maximum Gasteiger partial charge on any atom is 0.251 e. The zero-order valence-corrected chi connectivity index (χ0v) is 11.7. The molecule has 0 aliphatic heterocycles. The molecule has 4 nitrogen and oxygen atoms in total. The summed E-state index contributed by atoms with van der Waals surface area (Å²) >= 11 is 1.63. The monoisotopic (exact) mass is 266 g/mol. The summed E-state index contributed by atoms with van der Waals surface area (Å²) in [5.74, 6) is -0.137. The third kappa shape index (κ3) is 4.41. The summed E-state index contributed by atoms with van der Waals surface area (Å²) in [5.41, 5.74) is 0.616. The zero-order valence-electron chi connectivity index (χ0n) is 10.9. The van der Waals surface area contributed by atoms with Crippen molar-refractivity contribution in [3.63, 3.8) is 0 Å². The Balaban J connectivity index is 2.43. The van der Waals surface area contributed by atoms with Gasteiger partial charge in [0.15, 0.2) is 0 Å². The van der Waals surface area contributed by atoms with Gasteiger partial charge >= 0.3 is 0 Å². The van der Waals surface area contributed by atoms with Crippen LogP contribution in [-0.4, -0.2) is 43.6 Å². The molecule has 0 aliphatic carbocycles. The fraction of sp³-hybridized carbons (Fsp3) is 0.385. The first kappa shape index (κ1) is 14.6. The number of thioether (sulfide) groups is 1. The summed E-state index contributed by atoms with van der Waals surface area (Å²) in [6.45, 7) is 0.361. The maximum atomic E-state index is 11.8. The van der Waals surface area contributed by atoms with Crippen LogP contribution in [0.3, 0.4) is 0 Å². The van der Waals surface area contributed by atoms with Gasteiger partial charge in [-0.3, -0.25) is 9.59 Å². The summed E-state index contributed by atoms with van der Waals surface area (Å²) in [6.07, 6.45) is 2.31. The Kier molecular flexibility index (Phi) is 5.71. The van der Waals surface area contributed by atoms with E-state index in [1.165, 1.54) is 4.90 Å². The van der Waals surface area contributed by atoms with Gasteiger partial charge in [0.1, 0.15) is 0 Å². The van der Waals surface area contributed by atoms with E-state index in [1.807, 2.05) is 18.4 Å². The minimum atomic E-state index is -0.144. The number of amides is 2. The lowest BCUT2D eigenvalue weighted by Gasteiger charge is -2.10. The number of benzene rings is 1. The molecule has 0 saturated carbocycles. The van der Waals surface area contributed by atoms with Gasteiger partial charge in [-0.05, 0) is 30.5 Å². The Morgan fingerprint density at radius 1 is 1.22 bits per heavy atom. The fourth-order valence-corrected chi connectivity index (χ4v) is 1.76. The van der Waals surface area contributed by atoms with E-state index in [-0.39, 0.29) is 11.8 Å². The molecular weight excluding hydrogens is 248 g/mol. The Hall–Kier alpha value is -1.49. The van der Waals surface area contributed by atoms with Crippen LogP contribution in [0.5, 0.6) is 0 Å². The van der Waals surface area contributed by atoms with Gasteiger partial charge in [-0.15, -0.1) is 11.8 Å². The first-order valence-electron chi connectivity index (χ1n) is 5.67. The van der Waals surface area contributed by atoms with Crippen LogP contribution >= 0.6 is 11.8 Å². The molecule has 1 rings (SSSR count). The van der Waals surface area contributed by atoms with E-state index >= 15 is 0 Å². The lowest BCUT2D eigenvalue weighted by molar-refractivity contribution is -0.128. The highest BCUT2D eigenvalue weighted by atomic mass is 32.2. The Bertz CT molecular complexity index is 416. The minimum absolute atomic E-state index is 0.00744. The normalized spacial score (nSPS) is 9.94. The van der Waals surface area contributed by atoms with Crippen LogP contribution in [-0.2, 0) is 4.79 Å². The molecule has 0 aliphatic rings. The average molecular weight is 266 g/mol. The van der Waals surface area contributed by atoms with E-state index in [1.54, 1.807) is 38.0 Å². The number of carbonyl (C=O) groups is 2. The second-order valence-corrected chi connectivity index (χ2v) is 4.90. The molecule has 98 valence electrons. The van der Waals surface area contributed by atoms with Gasteiger partial charge in [0.2, 0.25) is 5.91 Å². The quantitative estimate of drug-likeness (QED) is 0.824. The van der Waals surface area contributed by atoms with E-state index in [4.69, 9.17) is 0 Å². The lowest BCUT2D eigenvalue weighted by Crippen LogP contribution is -2.30. The van der Waals surface area contributed by atoms with Gasteiger partial charge in [-0.25, -0.2) is 0 Å². The predicted molar refractivity (Wildman–Crippen MR) is 73.9 cm³/mol. The van der Waals surface area contributed by atoms with E-state index in [2.05, 4.69) is 5.32 Å². The molecular formula is C13H18N2O2S. The summed E-state index contributed by atoms with van der Waals surface area (Å²) in [4.78, 5) is 25.7. The summed E-state index contributed by atoms with van der Waals surface area (Å²) in [5, 5.41) is 2.73. The number of carbonyl (C=O) groups excluding carboxylic acids is 2. The van der Waals surface area contributed by atoms with Crippen LogP contribution in [0, 0.1) is 0 Å². The number of nitrogens with one attached hydrogen (secondary N) is 1. The standard InChI is InChI=1S/C13H18N2O2S/c1-15(2)12(16)8-9-14-13(17)10-4-6-11(18-3)7-5-10/h4-7H,8-9H2,1-3H3,(H,14,17).